The smallest absolute Gasteiger partial charge is 0.345 e. The third-order valence-corrected chi connectivity index (χ3v) is 10.9. The van der Waals surface area contributed by atoms with E-state index >= 15 is 0 Å². The van der Waals surface area contributed by atoms with Crippen LogP contribution in [0.2, 0.25) is 10.0 Å². The van der Waals surface area contributed by atoms with Gasteiger partial charge < -0.3 is 19.6 Å². The van der Waals surface area contributed by atoms with Gasteiger partial charge in [-0.2, -0.15) is 8.78 Å². The van der Waals surface area contributed by atoms with Gasteiger partial charge in [0, 0.05) is 52.4 Å². The quantitative estimate of drug-likeness (QED) is 0.0378. The van der Waals surface area contributed by atoms with Gasteiger partial charge in [0.1, 0.15) is 28.9 Å². The first-order valence-corrected chi connectivity index (χ1v) is 20.8. The molecule has 69 heavy (non-hydrogen) atoms. The molecule has 5 heterocycles. The number of halogens is 6. The molecule has 9 rings (SSSR count). The lowest BCUT2D eigenvalue weighted by Crippen LogP contribution is -2.09. The molecule has 0 radical (unpaired) electrons. The van der Waals surface area contributed by atoms with Crippen molar-refractivity contribution in [1.82, 2.24) is 29.5 Å². The monoisotopic (exact) mass is 978 g/mol. The number of hydrogen-bond donors (Lipinski definition) is 1. The van der Waals surface area contributed by atoms with Gasteiger partial charge in [-0.05, 0) is 85.6 Å². The summed E-state index contributed by atoms with van der Waals surface area (Å²) >= 11 is 12.5. The molecule has 0 atom stereocenters. The number of carbonyl (C=O) groups excluding carboxylic acids is 3. The van der Waals surface area contributed by atoms with Gasteiger partial charge in [0.05, 0.1) is 57.0 Å². The van der Waals surface area contributed by atoms with Gasteiger partial charge in [-0.25, -0.2) is 33.3 Å². The molecular weight excluding hydrogens is 947 g/mol. The van der Waals surface area contributed by atoms with Crippen molar-refractivity contribution in [3.63, 3.8) is 0 Å². The molecule has 21 heteroatoms. The van der Waals surface area contributed by atoms with Crippen molar-refractivity contribution in [2.45, 2.75) is 13.8 Å². The number of anilines is 2. The third kappa shape index (κ3) is 9.58. The highest BCUT2D eigenvalue weighted by Crippen LogP contribution is 2.40. The minimum Gasteiger partial charge on any atom is -0.465 e. The molecule has 4 aromatic carbocycles. The second-order valence-corrected chi connectivity index (χ2v) is 15.1. The van der Waals surface area contributed by atoms with Crippen LogP contribution in [0.1, 0.15) is 33.5 Å². The van der Waals surface area contributed by atoms with Crippen molar-refractivity contribution >= 4 is 91.3 Å². The van der Waals surface area contributed by atoms with Crippen LogP contribution in [-0.4, -0.2) is 66.9 Å². The van der Waals surface area contributed by atoms with E-state index in [0.29, 0.717) is 49.0 Å². The highest BCUT2D eigenvalue weighted by molar-refractivity contribution is 6.35. The fourth-order valence-electron chi connectivity index (χ4n) is 7.36. The maximum Gasteiger partial charge on any atom is 0.345 e. The van der Waals surface area contributed by atoms with E-state index in [-0.39, 0.29) is 33.5 Å². The normalized spacial score (nSPS) is 10.8. The van der Waals surface area contributed by atoms with Gasteiger partial charge in [0.25, 0.3) is 0 Å². The molecule has 0 unspecified atom stereocenters. The van der Waals surface area contributed by atoms with E-state index in [4.69, 9.17) is 32.7 Å². The van der Waals surface area contributed by atoms with E-state index < -0.39 is 51.6 Å². The number of benzene rings is 4. The zero-order chi connectivity index (χ0) is 49.7. The average Bonchev–Trinajstić information content (AvgIpc) is 3.68. The van der Waals surface area contributed by atoms with Crippen LogP contribution in [0.15, 0.2) is 110 Å². The molecular formula is C48H32Cl2F4N8O7. The number of aryl methyl sites for hydroxylation is 1. The van der Waals surface area contributed by atoms with Crippen molar-refractivity contribution in [2.75, 3.05) is 19.5 Å². The van der Waals surface area contributed by atoms with Gasteiger partial charge in [-0.15, -0.1) is 0 Å². The number of rotatable bonds is 8. The SMILES string of the molecule is CC=O.COC(=O)c1cc(-c2ccnc(F)c2F)cc(Nc2ccnc3c(Cl)cccc23)c1[N+](=O)[O-].COC(=O)c1cc(-c2ccnc(F)c2F)cc2c1nc(C)n2-c1ccnc2c(Cl)cccc12. The Morgan fingerprint density at radius 1 is 0.696 bits per heavy atom. The number of nitrogens with one attached hydrogen (secondary N) is 1. The van der Waals surface area contributed by atoms with E-state index in [2.05, 4.69) is 35.0 Å². The Morgan fingerprint density at radius 2 is 1.20 bits per heavy atom. The number of ether oxygens (including phenoxy) is 2. The summed E-state index contributed by atoms with van der Waals surface area (Å²) in [6.07, 6.45) is 6.03. The first kappa shape index (κ1) is 48.5. The number of nitrogens with zero attached hydrogens (tertiary/aromatic N) is 7. The number of esters is 2. The molecule has 0 fully saturated rings. The van der Waals surface area contributed by atoms with E-state index in [9.17, 15) is 37.3 Å². The molecule has 15 nitrogen and oxygen atoms in total. The number of carbonyl (C=O) groups is 3. The number of nitro benzene ring substituents is 1. The Labute approximate surface area is 397 Å². The Bertz CT molecular complexity index is 3530. The molecule has 0 aliphatic carbocycles. The lowest BCUT2D eigenvalue weighted by atomic mass is 10.00. The number of aldehydes is 1. The maximum absolute atomic E-state index is 14.6. The van der Waals surface area contributed by atoms with Crippen LogP contribution >= 0.6 is 23.2 Å². The number of hydrogen-bond acceptors (Lipinski definition) is 13. The van der Waals surface area contributed by atoms with Gasteiger partial charge in [-0.1, -0.05) is 47.5 Å². The van der Waals surface area contributed by atoms with Gasteiger partial charge in [-0.3, -0.25) is 24.6 Å². The van der Waals surface area contributed by atoms with E-state index in [1.54, 1.807) is 55.6 Å². The average molecular weight is 980 g/mol. The summed E-state index contributed by atoms with van der Waals surface area (Å²) in [6.45, 7) is 3.23. The second kappa shape index (κ2) is 20.6. The van der Waals surface area contributed by atoms with Gasteiger partial charge in [0.2, 0.25) is 11.9 Å². The van der Waals surface area contributed by atoms with E-state index in [0.717, 1.165) is 42.9 Å². The lowest BCUT2D eigenvalue weighted by Gasteiger charge is -2.14. The summed E-state index contributed by atoms with van der Waals surface area (Å²) in [5, 5.41) is 17.0. The molecule has 0 amide bonds. The number of fused-ring (bicyclic) bond motifs is 3. The summed E-state index contributed by atoms with van der Waals surface area (Å²) in [6, 6.07) is 21.7. The highest BCUT2D eigenvalue weighted by Gasteiger charge is 2.29. The van der Waals surface area contributed by atoms with Gasteiger partial charge in [0.15, 0.2) is 11.6 Å². The topological polar surface area (TPSA) is 194 Å². The van der Waals surface area contributed by atoms with E-state index in [1.807, 2.05) is 16.7 Å². The number of methoxy groups -OCH3 is 2. The van der Waals surface area contributed by atoms with Crippen LogP contribution in [-0.2, 0) is 14.3 Å². The molecule has 5 aromatic heterocycles. The summed E-state index contributed by atoms with van der Waals surface area (Å²) < 4.78 is 68.1. The second-order valence-electron chi connectivity index (χ2n) is 14.3. The predicted molar refractivity (Wildman–Crippen MR) is 250 cm³/mol. The molecule has 0 saturated carbocycles. The highest BCUT2D eigenvalue weighted by atomic mass is 35.5. The molecule has 9 aromatic rings. The van der Waals surface area contributed by atoms with Crippen LogP contribution in [0.3, 0.4) is 0 Å². The Balaban J connectivity index is 0.000000193. The largest absolute Gasteiger partial charge is 0.465 e. The fraction of sp³-hybridized carbons (Fsp3) is 0.0833. The molecule has 0 aliphatic rings. The number of pyridine rings is 4. The molecule has 0 saturated heterocycles. The number of nitro groups is 1. The number of para-hydroxylation sites is 2. The van der Waals surface area contributed by atoms with Crippen LogP contribution in [0.4, 0.5) is 34.6 Å². The van der Waals surface area contributed by atoms with Gasteiger partial charge >= 0.3 is 17.6 Å². The van der Waals surface area contributed by atoms with E-state index in [1.165, 1.54) is 44.5 Å². The Morgan fingerprint density at radius 3 is 1.78 bits per heavy atom. The predicted octanol–water partition coefficient (Wildman–Crippen LogP) is 11.5. The zero-order valence-corrected chi connectivity index (χ0v) is 37.7. The van der Waals surface area contributed by atoms with Crippen molar-refractivity contribution in [2.24, 2.45) is 0 Å². The fourth-order valence-corrected chi connectivity index (χ4v) is 7.81. The van der Waals surface area contributed by atoms with Crippen LogP contribution in [0.5, 0.6) is 0 Å². The third-order valence-electron chi connectivity index (χ3n) is 10.3. The summed E-state index contributed by atoms with van der Waals surface area (Å²) in [5.74, 6) is -6.07. The van der Waals surface area contributed by atoms with Crippen molar-refractivity contribution in [3.8, 4) is 27.9 Å². The first-order chi connectivity index (χ1) is 33.1. The van der Waals surface area contributed by atoms with Crippen LogP contribution in [0.25, 0.3) is 60.8 Å². The molecule has 0 aliphatic heterocycles. The zero-order valence-electron chi connectivity index (χ0n) is 36.2. The van der Waals surface area contributed by atoms with Crippen LogP contribution in [0, 0.1) is 40.6 Å². The minimum atomic E-state index is -1.35. The molecule has 1 N–H and O–H groups in total. The standard InChI is InChI=1S/C24H15ClF2N4O2.C22H13ClF2N4O4.C2H4O/c1-12-30-22-16(24(32)33-2)10-13(14-6-8-29-23(27)20(14)26)11-19(22)31(12)18-7-9-28-21-15(18)4-3-5-17(21)25;1-33-22(30)14-9-11(12-5-7-27-21(25)18(12)24)10-17(20(14)29(31)32)28-16-6-8-26-19-13(16)3-2-4-15(19)23;1-2-3/h3-11H,1-2H3;2-10H,1H3,(H,26,28);2H,1H3. The first-order valence-electron chi connectivity index (χ1n) is 20.0. The lowest BCUT2D eigenvalue weighted by molar-refractivity contribution is -0.384. The Hall–Kier alpha value is -8.42. The minimum absolute atomic E-state index is 0.00121. The van der Waals surface area contributed by atoms with Crippen molar-refractivity contribution < 1.29 is 46.3 Å². The Kier molecular flexibility index (Phi) is 14.5. The van der Waals surface area contributed by atoms with Crippen molar-refractivity contribution in [3.05, 3.63) is 170 Å². The van der Waals surface area contributed by atoms with Crippen LogP contribution < -0.4 is 5.32 Å². The summed E-state index contributed by atoms with van der Waals surface area (Å²) in [7, 11) is 2.30. The van der Waals surface area contributed by atoms with Crippen molar-refractivity contribution in [1.29, 1.82) is 0 Å². The molecule has 348 valence electrons. The summed E-state index contributed by atoms with van der Waals surface area (Å²) in [5.41, 5.74) is 1.94. The summed E-state index contributed by atoms with van der Waals surface area (Å²) in [4.78, 5) is 64.7. The molecule has 0 spiro atoms. The maximum atomic E-state index is 14.6. The number of aromatic nitrogens is 6. The molecule has 0 bridgehead atoms. The number of imidazole rings is 1.